The summed E-state index contributed by atoms with van der Waals surface area (Å²) in [6.45, 7) is 7.67. The van der Waals surface area contributed by atoms with Crippen LogP contribution >= 0.6 is 27.5 Å². The van der Waals surface area contributed by atoms with Crippen LogP contribution in [-0.2, 0) is 4.79 Å². The van der Waals surface area contributed by atoms with Crippen molar-refractivity contribution in [2.24, 2.45) is 0 Å². The highest BCUT2D eigenvalue weighted by Crippen LogP contribution is 2.26. The van der Waals surface area contributed by atoms with Gasteiger partial charge in [0.15, 0.2) is 0 Å². The fourth-order valence-electron chi connectivity index (χ4n) is 1.38. The second kappa shape index (κ2) is 5.93. The third-order valence-corrected chi connectivity index (χ3v) is 3.12. The second-order valence-electron chi connectivity index (χ2n) is 5.23. The van der Waals surface area contributed by atoms with Crippen molar-refractivity contribution in [1.29, 1.82) is 0 Å². The number of amides is 1. The van der Waals surface area contributed by atoms with Crippen molar-refractivity contribution in [2.45, 2.75) is 39.3 Å². The van der Waals surface area contributed by atoms with Crippen LogP contribution in [0.15, 0.2) is 22.7 Å². The molecule has 5 heteroatoms. The number of anilines is 1. The Morgan fingerprint density at radius 2 is 2.00 bits per heavy atom. The van der Waals surface area contributed by atoms with E-state index in [4.69, 9.17) is 11.6 Å². The van der Waals surface area contributed by atoms with Crippen LogP contribution < -0.4 is 10.6 Å². The molecule has 0 fully saturated rings. The first-order valence-corrected chi connectivity index (χ1v) is 6.90. The molecule has 2 N–H and O–H groups in total. The van der Waals surface area contributed by atoms with Crippen LogP contribution in [0, 0.1) is 0 Å². The van der Waals surface area contributed by atoms with Gasteiger partial charge in [0.1, 0.15) is 6.04 Å². The van der Waals surface area contributed by atoms with Gasteiger partial charge in [0.05, 0.1) is 5.69 Å². The number of hydrogen-bond donors (Lipinski definition) is 2. The summed E-state index contributed by atoms with van der Waals surface area (Å²) in [4.78, 5) is 11.9. The van der Waals surface area contributed by atoms with Gasteiger partial charge in [0.25, 0.3) is 0 Å². The summed E-state index contributed by atoms with van der Waals surface area (Å²) >= 11 is 9.34. The molecule has 0 saturated carbocycles. The largest absolute Gasteiger partial charge is 0.373 e. The topological polar surface area (TPSA) is 41.1 Å². The van der Waals surface area contributed by atoms with Crippen molar-refractivity contribution >= 4 is 39.1 Å². The molecule has 0 heterocycles. The van der Waals surface area contributed by atoms with Gasteiger partial charge in [-0.15, -0.1) is 0 Å². The molecule has 1 unspecified atom stereocenters. The number of halogens is 2. The van der Waals surface area contributed by atoms with Gasteiger partial charge in [0.2, 0.25) is 5.91 Å². The van der Waals surface area contributed by atoms with Gasteiger partial charge in [0, 0.05) is 15.0 Å². The highest BCUT2D eigenvalue weighted by atomic mass is 79.9. The lowest BCUT2D eigenvalue weighted by Crippen LogP contribution is -2.47. The second-order valence-corrected chi connectivity index (χ2v) is 6.52. The number of nitrogens with one attached hydrogen (secondary N) is 2. The van der Waals surface area contributed by atoms with E-state index in [2.05, 4.69) is 26.6 Å². The van der Waals surface area contributed by atoms with Crippen LogP contribution in [0.25, 0.3) is 0 Å². The van der Waals surface area contributed by atoms with Crippen molar-refractivity contribution in [3.05, 3.63) is 27.7 Å². The maximum Gasteiger partial charge on any atom is 0.242 e. The summed E-state index contributed by atoms with van der Waals surface area (Å²) in [5.74, 6) is -0.0469. The zero-order valence-corrected chi connectivity index (χ0v) is 13.3. The molecular formula is C13H18BrClN2O. The Bertz CT molecular complexity index is 443. The highest BCUT2D eigenvalue weighted by molar-refractivity contribution is 9.10. The molecule has 1 rings (SSSR count). The summed E-state index contributed by atoms with van der Waals surface area (Å²) in [6, 6.07) is 5.08. The average molecular weight is 334 g/mol. The Balaban J connectivity index is 2.72. The van der Waals surface area contributed by atoms with E-state index in [1.165, 1.54) is 0 Å². The number of carbonyl (C=O) groups excluding carboxylic acids is 1. The molecule has 0 aliphatic carbocycles. The third kappa shape index (κ3) is 4.86. The van der Waals surface area contributed by atoms with E-state index in [0.717, 1.165) is 10.2 Å². The van der Waals surface area contributed by atoms with Gasteiger partial charge in [-0.2, -0.15) is 0 Å². The van der Waals surface area contributed by atoms with Crippen molar-refractivity contribution < 1.29 is 4.79 Å². The minimum Gasteiger partial charge on any atom is -0.373 e. The molecule has 0 saturated heterocycles. The lowest BCUT2D eigenvalue weighted by atomic mass is 10.1. The van der Waals surface area contributed by atoms with Crippen molar-refractivity contribution in [3.8, 4) is 0 Å². The third-order valence-electron chi connectivity index (χ3n) is 2.19. The Morgan fingerprint density at radius 1 is 1.39 bits per heavy atom. The first kappa shape index (κ1) is 15.3. The van der Waals surface area contributed by atoms with E-state index in [9.17, 15) is 4.79 Å². The van der Waals surface area contributed by atoms with Crippen molar-refractivity contribution in [2.75, 3.05) is 5.32 Å². The summed E-state index contributed by atoms with van der Waals surface area (Å²) in [7, 11) is 0. The molecule has 0 spiro atoms. The Hall–Kier alpha value is -0.740. The smallest absolute Gasteiger partial charge is 0.242 e. The van der Waals surface area contributed by atoms with Crippen LogP contribution in [0.5, 0.6) is 0 Å². The predicted octanol–water partition coefficient (Wildman–Crippen LogP) is 3.82. The molecule has 0 radical (unpaired) electrons. The van der Waals surface area contributed by atoms with Gasteiger partial charge in [-0.25, -0.2) is 0 Å². The first-order chi connectivity index (χ1) is 8.19. The van der Waals surface area contributed by atoms with E-state index >= 15 is 0 Å². The van der Waals surface area contributed by atoms with E-state index in [-0.39, 0.29) is 17.5 Å². The summed E-state index contributed by atoms with van der Waals surface area (Å²) < 4.78 is 0.877. The molecule has 1 atom stereocenters. The van der Waals surface area contributed by atoms with Gasteiger partial charge >= 0.3 is 0 Å². The van der Waals surface area contributed by atoms with E-state index in [1.54, 1.807) is 12.1 Å². The number of benzene rings is 1. The van der Waals surface area contributed by atoms with Crippen molar-refractivity contribution in [1.82, 2.24) is 5.32 Å². The van der Waals surface area contributed by atoms with E-state index in [1.807, 2.05) is 33.8 Å². The number of hydrogen-bond acceptors (Lipinski definition) is 2. The van der Waals surface area contributed by atoms with Crippen LogP contribution in [0.3, 0.4) is 0 Å². The van der Waals surface area contributed by atoms with Gasteiger partial charge < -0.3 is 10.6 Å². The molecule has 0 bridgehead atoms. The lowest BCUT2D eigenvalue weighted by Gasteiger charge is -2.24. The molecular weight excluding hydrogens is 316 g/mol. The quantitative estimate of drug-likeness (QED) is 0.883. The fraction of sp³-hybridized carbons (Fsp3) is 0.462. The van der Waals surface area contributed by atoms with Crippen LogP contribution in [0.4, 0.5) is 5.69 Å². The number of carbonyl (C=O) groups is 1. The summed E-state index contributed by atoms with van der Waals surface area (Å²) in [5.41, 5.74) is 0.567. The molecule has 100 valence electrons. The summed E-state index contributed by atoms with van der Waals surface area (Å²) in [6.07, 6.45) is 0. The van der Waals surface area contributed by atoms with Crippen LogP contribution in [0.2, 0.25) is 5.02 Å². The molecule has 18 heavy (non-hydrogen) atoms. The summed E-state index contributed by atoms with van der Waals surface area (Å²) in [5, 5.41) is 6.68. The SMILES string of the molecule is CC(Nc1cc(Cl)ccc1Br)C(=O)NC(C)(C)C. The standard InChI is InChI=1S/C13H18BrClN2O/c1-8(12(18)17-13(2,3)4)16-11-7-9(15)5-6-10(11)14/h5-8,16H,1-4H3,(H,17,18). The molecule has 0 aromatic heterocycles. The normalized spacial score (nSPS) is 13.0. The van der Waals surface area contributed by atoms with Crippen LogP contribution in [0.1, 0.15) is 27.7 Å². The Morgan fingerprint density at radius 3 is 2.56 bits per heavy atom. The Kier molecular flexibility index (Phi) is 5.05. The van der Waals surface area contributed by atoms with E-state index < -0.39 is 0 Å². The lowest BCUT2D eigenvalue weighted by molar-refractivity contribution is -0.122. The minimum atomic E-state index is -0.334. The van der Waals surface area contributed by atoms with Gasteiger partial charge in [-0.1, -0.05) is 11.6 Å². The molecule has 3 nitrogen and oxygen atoms in total. The zero-order valence-electron chi connectivity index (χ0n) is 11.0. The minimum absolute atomic E-state index is 0.0469. The highest BCUT2D eigenvalue weighted by Gasteiger charge is 2.19. The predicted molar refractivity (Wildman–Crippen MR) is 80.1 cm³/mol. The Labute approximate surface area is 121 Å². The average Bonchev–Trinajstić information content (AvgIpc) is 2.21. The van der Waals surface area contributed by atoms with Gasteiger partial charge in [-0.05, 0) is 61.8 Å². The monoisotopic (exact) mass is 332 g/mol. The van der Waals surface area contributed by atoms with Crippen molar-refractivity contribution in [3.63, 3.8) is 0 Å². The maximum atomic E-state index is 11.9. The maximum absolute atomic E-state index is 11.9. The molecule has 0 aliphatic heterocycles. The molecule has 1 aromatic rings. The number of rotatable bonds is 3. The molecule has 0 aliphatic rings. The first-order valence-electron chi connectivity index (χ1n) is 5.72. The molecule has 1 aromatic carbocycles. The zero-order chi connectivity index (χ0) is 13.9. The van der Waals surface area contributed by atoms with E-state index in [0.29, 0.717) is 5.02 Å². The van der Waals surface area contributed by atoms with Gasteiger partial charge in [-0.3, -0.25) is 4.79 Å². The molecule has 1 amide bonds. The fourth-order valence-corrected chi connectivity index (χ4v) is 1.92. The van der Waals surface area contributed by atoms with Crippen LogP contribution in [-0.4, -0.2) is 17.5 Å².